The lowest BCUT2D eigenvalue weighted by Crippen LogP contribution is -2.40. The lowest BCUT2D eigenvalue weighted by atomic mass is 10.0. The van der Waals surface area contributed by atoms with E-state index >= 15 is 0 Å². The van der Waals surface area contributed by atoms with Crippen molar-refractivity contribution in [3.05, 3.63) is 0 Å². The SMILES string of the molecule is CCCCCCCCCCCC(CCCCCCCC(=O)NC(CCCN)C(=O)O)OC(=O)CCCCCCCCCC. The molecule has 254 valence electrons. The van der Waals surface area contributed by atoms with Crippen LogP contribution < -0.4 is 11.1 Å². The number of carboxylic acids is 1. The number of aliphatic carboxylic acids is 1. The van der Waals surface area contributed by atoms with Gasteiger partial charge in [-0.2, -0.15) is 0 Å². The molecule has 0 aromatic rings. The summed E-state index contributed by atoms with van der Waals surface area (Å²) in [7, 11) is 0. The molecule has 0 spiro atoms. The van der Waals surface area contributed by atoms with Crippen molar-refractivity contribution in [2.24, 2.45) is 5.73 Å². The molecule has 0 aromatic carbocycles. The molecule has 43 heavy (non-hydrogen) atoms. The van der Waals surface area contributed by atoms with Crippen LogP contribution in [-0.2, 0) is 19.1 Å². The smallest absolute Gasteiger partial charge is 0.326 e. The minimum absolute atomic E-state index is 0.0240. The number of nitrogens with one attached hydrogen (secondary N) is 1. The van der Waals surface area contributed by atoms with Crippen molar-refractivity contribution in [2.75, 3.05) is 6.54 Å². The highest BCUT2D eigenvalue weighted by Gasteiger charge is 2.19. The Hall–Kier alpha value is -1.63. The number of amides is 1. The standard InChI is InChI=1S/C36H70N2O5/c1-3-5-7-9-11-13-14-17-21-26-32(43-35(40)30-24-20-15-12-10-8-6-4-2)27-22-18-16-19-23-29-34(39)38-33(36(41)42)28-25-31-37/h32-33H,3-31,37H2,1-2H3,(H,38,39)(H,41,42). The van der Waals surface area contributed by atoms with Crippen molar-refractivity contribution < 1.29 is 24.2 Å². The maximum Gasteiger partial charge on any atom is 0.326 e. The van der Waals surface area contributed by atoms with E-state index in [1.807, 2.05) is 0 Å². The Morgan fingerprint density at radius 1 is 0.581 bits per heavy atom. The van der Waals surface area contributed by atoms with Gasteiger partial charge in [0.2, 0.25) is 5.91 Å². The zero-order valence-electron chi connectivity index (χ0n) is 28.3. The van der Waals surface area contributed by atoms with Crippen molar-refractivity contribution in [3.8, 4) is 0 Å². The predicted molar refractivity (Wildman–Crippen MR) is 179 cm³/mol. The molecule has 0 aliphatic carbocycles. The summed E-state index contributed by atoms with van der Waals surface area (Å²) in [5.41, 5.74) is 5.46. The van der Waals surface area contributed by atoms with E-state index in [4.69, 9.17) is 10.5 Å². The monoisotopic (exact) mass is 611 g/mol. The molecule has 0 aromatic heterocycles. The highest BCUT2D eigenvalue weighted by atomic mass is 16.5. The second-order valence-corrected chi connectivity index (χ2v) is 12.6. The van der Waals surface area contributed by atoms with E-state index in [0.717, 1.165) is 64.2 Å². The van der Waals surface area contributed by atoms with E-state index in [2.05, 4.69) is 19.2 Å². The van der Waals surface area contributed by atoms with Gasteiger partial charge in [0.15, 0.2) is 0 Å². The van der Waals surface area contributed by atoms with Gasteiger partial charge in [0.05, 0.1) is 0 Å². The number of hydrogen-bond acceptors (Lipinski definition) is 5. The van der Waals surface area contributed by atoms with Crippen LogP contribution in [0.4, 0.5) is 0 Å². The van der Waals surface area contributed by atoms with Crippen LogP contribution >= 0.6 is 0 Å². The van der Waals surface area contributed by atoms with Crippen LogP contribution in [0.15, 0.2) is 0 Å². The Labute approximate surface area is 265 Å². The molecule has 0 aliphatic rings. The third kappa shape index (κ3) is 28.9. The fraction of sp³-hybridized carbons (Fsp3) is 0.917. The molecule has 0 aliphatic heterocycles. The van der Waals surface area contributed by atoms with Crippen LogP contribution in [-0.4, -0.2) is 41.6 Å². The number of nitrogens with two attached hydrogens (primary N) is 1. The van der Waals surface area contributed by atoms with Gasteiger partial charge in [0.1, 0.15) is 12.1 Å². The maximum absolute atomic E-state index is 12.6. The highest BCUT2D eigenvalue weighted by Crippen LogP contribution is 2.19. The lowest BCUT2D eigenvalue weighted by Gasteiger charge is -2.18. The summed E-state index contributed by atoms with van der Waals surface area (Å²) in [6, 6.07) is -0.850. The van der Waals surface area contributed by atoms with Gasteiger partial charge in [-0.1, -0.05) is 129 Å². The first-order valence-corrected chi connectivity index (χ1v) is 18.4. The lowest BCUT2D eigenvalue weighted by molar-refractivity contribution is -0.150. The maximum atomic E-state index is 12.6. The molecule has 1 amide bonds. The molecule has 0 saturated heterocycles. The summed E-state index contributed by atoms with van der Waals surface area (Å²) in [6.45, 7) is 4.91. The first kappa shape index (κ1) is 41.4. The van der Waals surface area contributed by atoms with Crippen LogP contribution in [0.1, 0.15) is 194 Å². The average molecular weight is 611 g/mol. The number of unbranched alkanes of at least 4 members (excludes halogenated alkanes) is 19. The molecule has 0 rings (SSSR count). The van der Waals surface area contributed by atoms with Crippen molar-refractivity contribution >= 4 is 17.8 Å². The predicted octanol–water partition coefficient (Wildman–Crippen LogP) is 9.39. The zero-order valence-corrected chi connectivity index (χ0v) is 28.3. The molecule has 7 nitrogen and oxygen atoms in total. The van der Waals surface area contributed by atoms with Crippen LogP contribution in [0.2, 0.25) is 0 Å². The van der Waals surface area contributed by atoms with Gasteiger partial charge in [-0.05, 0) is 57.9 Å². The summed E-state index contributed by atoms with van der Waals surface area (Å²) < 4.78 is 5.98. The third-order valence-electron chi connectivity index (χ3n) is 8.42. The highest BCUT2D eigenvalue weighted by molar-refractivity contribution is 5.83. The van der Waals surface area contributed by atoms with E-state index in [-0.39, 0.29) is 18.0 Å². The minimum atomic E-state index is -1.00. The second kappa shape index (κ2) is 31.8. The number of esters is 1. The molecule has 7 heteroatoms. The fourth-order valence-electron chi connectivity index (χ4n) is 5.63. The molecule has 0 heterocycles. The molecule has 0 saturated carbocycles. The molecule has 0 fully saturated rings. The van der Waals surface area contributed by atoms with Gasteiger partial charge in [0.25, 0.3) is 0 Å². The summed E-state index contributed by atoms with van der Waals surface area (Å²) >= 11 is 0. The van der Waals surface area contributed by atoms with Gasteiger partial charge < -0.3 is 20.9 Å². The van der Waals surface area contributed by atoms with Crippen LogP contribution in [0.3, 0.4) is 0 Å². The van der Waals surface area contributed by atoms with Gasteiger partial charge >= 0.3 is 11.9 Å². The van der Waals surface area contributed by atoms with Gasteiger partial charge in [-0.3, -0.25) is 9.59 Å². The Morgan fingerprint density at radius 2 is 1.00 bits per heavy atom. The van der Waals surface area contributed by atoms with E-state index in [1.54, 1.807) is 0 Å². The Kier molecular flexibility index (Phi) is 30.6. The van der Waals surface area contributed by atoms with Gasteiger partial charge in [-0.15, -0.1) is 0 Å². The second-order valence-electron chi connectivity index (χ2n) is 12.6. The quantitative estimate of drug-likeness (QED) is 0.0503. The van der Waals surface area contributed by atoms with E-state index in [0.29, 0.717) is 32.2 Å². The zero-order chi connectivity index (χ0) is 31.8. The Balaban J connectivity index is 4.27. The van der Waals surface area contributed by atoms with Crippen LogP contribution in [0.5, 0.6) is 0 Å². The number of rotatable bonds is 33. The largest absolute Gasteiger partial charge is 0.480 e. The van der Waals surface area contributed by atoms with Crippen molar-refractivity contribution in [3.63, 3.8) is 0 Å². The van der Waals surface area contributed by atoms with Gasteiger partial charge in [-0.25, -0.2) is 4.79 Å². The molecular weight excluding hydrogens is 540 g/mol. The van der Waals surface area contributed by atoms with Crippen LogP contribution in [0.25, 0.3) is 0 Å². The summed E-state index contributed by atoms with van der Waals surface area (Å²) in [5.74, 6) is -1.23. The third-order valence-corrected chi connectivity index (χ3v) is 8.42. The molecule has 2 atom stereocenters. The first-order chi connectivity index (χ1) is 20.9. The normalized spacial score (nSPS) is 12.6. The minimum Gasteiger partial charge on any atom is -0.480 e. The Bertz CT molecular complexity index is 658. The average Bonchev–Trinajstić information content (AvgIpc) is 2.98. The molecule has 2 unspecified atom stereocenters. The van der Waals surface area contributed by atoms with Gasteiger partial charge in [0, 0.05) is 12.8 Å². The van der Waals surface area contributed by atoms with Crippen molar-refractivity contribution in [2.45, 2.75) is 206 Å². The Morgan fingerprint density at radius 3 is 1.44 bits per heavy atom. The molecule has 0 radical (unpaired) electrons. The molecular formula is C36H70N2O5. The fourth-order valence-corrected chi connectivity index (χ4v) is 5.63. The number of carboxylic acid groups (broad SMARTS) is 1. The molecule has 0 bridgehead atoms. The molecule has 4 N–H and O–H groups in total. The number of ether oxygens (including phenoxy) is 1. The topological polar surface area (TPSA) is 119 Å². The van der Waals surface area contributed by atoms with E-state index < -0.39 is 12.0 Å². The van der Waals surface area contributed by atoms with Crippen LogP contribution in [0, 0.1) is 0 Å². The first-order valence-electron chi connectivity index (χ1n) is 18.4. The number of carbonyl (C=O) groups excluding carboxylic acids is 2. The summed E-state index contributed by atoms with van der Waals surface area (Å²) in [4.78, 5) is 36.0. The van der Waals surface area contributed by atoms with E-state index in [9.17, 15) is 19.5 Å². The number of carbonyl (C=O) groups is 3. The van der Waals surface area contributed by atoms with E-state index in [1.165, 1.54) is 89.9 Å². The van der Waals surface area contributed by atoms with Crippen molar-refractivity contribution in [1.82, 2.24) is 5.32 Å². The summed E-state index contributed by atoms with van der Waals surface area (Å²) in [6.07, 6.45) is 30.0. The summed E-state index contributed by atoms with van der Waals surface area (Å²) in [5, 5.41) is 11.9. The number of hydrogen-bond donors (Lipinski definition) is 3. The van der Waals surface area contributed by atoms with Crippen molar-refractivity contribution in [1.29, 1.82) is 0 Å².